The largest absolute Gasteiger partial charge is 0.310 e. The first-order valence-electron chi connectivity index (χ1n) is 19.8. The summed E-state index contributed by atoms with van der Waals surface area (Å²) < 4.78 is 2.45. The van der Waals surface area contributed by atoms with Gasteiger partial charge in [0, 0.05) is 38.9 Å². The molecule has 4 saturated carbocycles. The number of fused-ring (bicyclic) bond motifs is 13. The van der Waals surface area contributed by atoms with Crippen LogP contribution in [0.3, 0.4) is 0 Å². The molecule has 6 unspecified atom stereocenters. The van der Waals surface area contributed by atoms with E-state index in [-0.39, 0.29) is 5.41 Å². The molecule has 2 spiro atoms. The molecule has 8 aromatic rings. The molecular formula is C51H40N2. The van der Waals surface area contributed by atoms with E-state index in [2.05, 4.69) is 167 Å². The first kappa shape index (κ1) is 28.9. The molecule has 1 aromatic heterocycles. The van der Waals surface area contributed by atoms with E-state index in [0.717, 1.165) is 23.7 Å². The van der Waals surface area contributed by atoms with Gasteiger partial charge in [0.15, 0.2) is 0 Å². The number of aromatic nitrogens is 1. The van der Waals surface area contributed by atoms with Crippen molar-refractivity contribution in [1.29, 1.82) is 0 Å². The van der Waals surface area contributed by atoms with Gasteiger partial charge in [-0.05, 0) is 149 Å². The standard InChI is InChI=1S/C51H40N2/c1-2-11-34-26-39(21-20-33(34)10-1)52(37-12-9-13-38(28-37)53-47-18-7-4-15-43(47)44-16-5-8-19-48(44)53)40-22-23-42-41-14-3-6-17-45(41)51(46(42)29-40)36-25-32-24-35-27-49(51)50(35,30-32)31-36/h1-23,26,28-29,32,35-36,49H,24-25,27,30-31H2. The van der Waals surface area contributed by atoms with Crippen LogP contribution in [0.25, 0.3) is 49.4 Å². The van der Waals surface area contributed by atoms with Crippen molar-refractivity contribution in [2.24, 2.45) is 29.1 Å². The Hall–Kier alpha value is -5.60. The molecular weight excluding hydrogens is 641 g/mol. The van der Waals surface area contributed by atoms with Crippen molar-refractivity contribution in [3.05, 3.63) is 169 Å². The third-order valence-electron chi connectivity index (χ3n) is 15.0. The van der Waals surface area contributed by atoms with Crippen LogP contribution in [0, 0.1) is 29.1 Å². The number of nitrogens with zero attached hydrogens (tertiary/aromatic N) is 2. The van der Waals surface area contributed by atoms with E-state index < -0.39 is 0 Å². The van der Waals surface area contributed by atoms with E-state index >= 15 is 0 Å². The third-order valence-corrected chi connectivity index (χ3v) is 15.0. The van der Waals surface area contributed by atoms with Gasteiger partial charge in [-0.25, -0.2) is 0 Å². The summed E-state index contributed by atoms with van der Waals surface area (Å²) in [5.74, 6) is 3.39. The quantitative estimate of drug-likeness (QED) is 0.180. The minimum atomic E-state index is 0.132. The van der Waals surface area contributed by atoms with E-state index in [1.54, 1.807) is 11.1 Å². The zero-order valence-corrected chi connectivity index (χ0v) is 29.8. The van der Waals surface area contributed by atoms with Crippen molar-refractivity contribution >= 4 is 49.6 Å². The van der Waals surface area contributed by atoms with Gasteiger partial charge >= 0.3 is 0 Å². The fraction of sp³-hybridized carbons (Fsp3) is 0.216. The fourth-order valence-electron chi connectivity index (χ4n) is 13.4. The number of benzene rings is 7. The normalized spacial score (nSPS) is 27.0. The Morgan fingerprint density at radius 1 is 0.491 bits per heavy atom. The number of anilines is 3. The topological polar surface area (TPSA) is 8.17 Å². The average molecular weight is 681 g/mol. The van der Waals surface area contributed by atoms with Crippen molar-refractivity contribution in [2.75, 3.05) is 4.90 Å². The summed E-state index contributed by atoms with van der Waals surface area (Å²) in [7, 11) is 0. The minimum absolute atomic E-state index is 0.132. The molecule has 0 saturated heterocycles. The van der Waals surface area contributed by atoms with E-state index in [0.29, 0.717) is 5.41 Å². The first-order chi connectivity index (χ1) is 26.2. The fourth-order valence-corrected chi connectivity index (χ4v) is 13.4. The molecule has 5 aliphatic rings. The second-order valence-corrected chi connectivity index (χ2v) is 17.1. The first-order valence-corrected chi connectivity index (χ1v) is 19.8. The molecule has 6 atom stereocenters. The lowest BCUT2D eigenvalue weighted by Crippen LogP contribution is -2.50. The van der Waals surface area contributed by atoms with Crippen LogP contribution >= 0.6 is 0 Å². The van der Waals surface area contributed by atoms with Crippen molar-refractivity contribution < 1.29 is 0 Å². The Kier molecular flexibility index (Phi) is 5.50. The van der Waals surface area contributed by atoms with Crippen LogP contribution in [0.2, 0.25) is 0 Å². The number of hydrogen-bond donors (Lipinski definition) is 0. The van der Waals surface area contributed by atoms with Gasteiger partial charge in [-0.1, -0.05) is 103 Å². The molecule has 0 radical (unpaired) electrons. The maximum Gasteiger partial charge on any atom is 0.0541 e. The summed E-state index contributed by atoms with van der Waals surface area (Å²) in [4.78, 5) is 2.54. The smallest absolute Gasteiger partial charge is 0.0541 e. The van der Waals surface area contributed by atoms with Crippen LogP contribution < -0.4 is 4.90 Å². The molecule has 4 fully saturated rings. The van der Waals surface area contributed by atoms with E-state index in [4.69, 9.17) is 0 Å². The molecule has 1 heterocycles. The molecule has 254 valence electrons. The Morgan fingerprint density at radius 3 is 2.04 bits per heavy atom. The highest BCUT2D eigenvalue weighted by Crippen LogP contribution is 2.83. The second-order valence-electron chi connectivity index (χ2n) is 17.1. The summed E-state index contributed by atoms with van der Waals surface area (Å²) in [5, 5.41) is 5.11. The van der Waals surface area contributed by atoms with E-state index in [9.17, 15) is 0 Å². The lowest BCUT2D eigenvalue weighted by Gasteiger charge is -2.54. The zero-order valence-electron chi connectivity index (χ0n) is 29.8. The molecule has 5 aliphatic carbocycles. The number of rotatable bonds is 4. The van der Waals surface area contributed by atoms with E-state index in [1.165, 1.54) is 98.6 Å². The molecule has 2 heteroatoms. The predicted molar refractivity (Wildman–Crippen MR) is 219 cm³/mol. The summed E-state index contributed by atoms with van der Waals surface area (Å²) in [6, 6.07) is 59.7. The van der Waals surface area contributed by atoms with Gasteiger partial charge in [-0.3, -0.25) is 0 Å². The van der Waals surface area contributed by atoms with Gasteiger partial charge in [0.05, 0.1) is 11.0 Å². The second kappa shape index (κ2) is 10.1. The van der Waals surface area contributed by atoms with Gasteiger partial charge in [0.2, 0.25) is 0 Å². The molecule has 0 aliphatic heterocycles. The SMILES string of the molecule is c1cc(N(c2ccc3c(c2)C2(c4ccccc4-3)C3CC4CC5CC2C5(C4)C3)c2ccc3ccccc3c2)cc(-n2c3ccccc3c3ccccc32)c1. The zero-order chi connectivity index (χ0) is 34.5. The van der Waals surface area contributed by atoms with Crippen molar-refractivity contribution in [3.63, 3.8) is 0 Å². The van der Waals surface area contributed by atoms with Crippen molar-refractivity contribution in [3.8, 4) is 16.8 Å². The van der Waals surface area contributed by atoms with Crippen LogP contribution in [0.15, 0.2) is 158 Å². The summed E-state index contributed by atoms with van der Waals surface area (Å²) in [6.45, 7) is 0. The number of para-hydroxylation sites is 2. The van der Waals surface area contributed by atoms with Gasteiger partial charge in [-0.2, -0.15) is 0 Å². The van der Waals surface area contributed by atoms with Crippen molar-refractivity contribution in [2.45, 2.75) is 37.5 Å². The Morgan fingerprint density at radius 2 is 1.17 bits per heavy atom. The Bertz CT molecular complexity index is 2790. The monoisotopic (exact) mass is 680 g/mol. The average Bonchev–Trinajstić information content (AvgIpc) is 3.81. The lowest BCUT2D eigenvalue weighted by molar-refractivity contribution is -0.0193. The molecule has 3 bridgehead atoms. The van der Waals surface area contributed by atoms with Gasteiger partial charge in [0.25, 0.3) is 0 Å². The molecule has 0 N–H and O–H groups in total. The van der Waals surface area contributed by atoms with E-state index in [1.807, 2.05) is 0 Å². The van der Waals surface area contributed by atoms with Crippen LogP contribution in [0.5, 0.6) is 0 Å². The third kappa shape index (κ3) is 3.56. The highest BCUT2D eigenvalue weighted by molar-refractivity contribution is 6.09. The van der Waals surface area contributed by atoms with Gasteiger partial charge in [-0.15, -0.1) is 0 Å². The molecule has 0 amide bonds. The maximum absolute atomic E-state index is 2.65. The number of hydrogen-bond acceptors (Lipinski definition) is 1. The predicted octanol–water partition coefficient (Wildman–Crippen LogP) is 13.1. The summed E-state index contributed by atoms with van der Waals surface area (Å²) >= 11 is 0. The molecule has 53 heavy (non-hydrogen) atoms. The Balaban J connectivity index is 1.04. The summed E-state index contributed by atoms with van der Waals surface area (Å²) in [5.41, 5.74) is 14.2. The van der Waals surface area contributed by atoms with Crippen LogP contribution in [0.1, 0.15) is 43.2 Å². The van der Waals surface area contributed by atoms with Crippen LogP contribution in [-0.4, -0.2) is 4.57 Å². The highest BCUT2D eigenvalue weighted by atomic mass is 15.1. The Labute approximate surface area is 310 Å². The molecule has 2 nitrogen and oxygen atoms in total. The van der Waals surface area contributed by atoms with Gasteiger partial charge < -0.3 is 9.47 Å². The highest BCUT2D eigenvalue weighted by Gasteiger charge is 2.76. The van der Waals surface area contributed by atoms with Crippen LogP contribution in [0.4, 0.5) is 17.1 Å². The molecule has 7 aromatic carbocycles. The van der Waals surface area contributed by atoms with Crippen molar-refractivity contribution in [1.82, 2.24) is 4.57 Å². The summed E-state index contributed by atoms with van der Waals surface area (Å²) in [6.07, 6.45) is 7.24. The molecule has 13 rings (SSSR count). The maximum atomic E-state index is 2.65. The lowest BCUT2D eigenvalue weighted by atomic mass is 9.49. The minimum Gasteiger partial charge on any atom is -0.310 e. The van der Waals surface area contributed by atoms with Crippen LogP contribution in [-0.2, 0) is 5.41 Å². The van der Waals surface area contributed by atoms with Gasteiger partial charge in [0.1, 0.15) is 0 Å².